The average molecular weight is 239 g/mol. The Balaban J connectivity index is 1.81. The largest absolute Gasteiger partial charge is 0.314 e. The Morgan fingerprint density at radius 1 is 1.62 bits per heavy atom. The van der Waals surface area contributed by atoms with Crippen LogP contribution in [0, 0.1) is 0 Å². The predicted octanol–water partition coefficient (Wildman–Crippen LogP) is 1.54. The lowest BCUT2D eigenvalue weighted by Crippen LogP contribution is -2.49. The fourth-order valence-corrected chi connectivity index (χ4v) is 3.00. The highest BCUT2D eigenvalue weighted by atomic mass is 32.1. The van der Waals surface area contributed by atoms with Crippen molar-refractivity contribution < 1.29 is 0 Å². The standard InChI is InChI=1S/C12H21N3S/c1-3-10-9-16-12(14-10)5-4-11-8-13-6-7-15(11)2/h9,11,13H,3-8H2,1-2H3. The van der Waals surface area contributed by atoms with E-state index >= 15 is 0 Å². The number of hydrogen-bond donors (Lipinski definition) is 1. The average Bonchev–Trinajstić information content (AvgIpc) is 2.76. The maximum Gasteiger partial charge on any atom is 0.0928 e. The van der Waals surface area contributed by atoms with Crippen LogP contribution in [0.15, 0.2) is 5.38 Å². The minimum absolute atomic E-state index is 0.683. The topological polar surface area (TPSA) is 28.2 Å². The van der Waals surface area contributed by atoms with Gasteiger partial charge in [0, 0.05) is 37.5 Å². The first kappa shape index (κ1) is 12.0. The smallest absolute Gasteiger partial charge is 0.0928 e. The summed E-state index contributed by atoms with van der Waals surface area (Å²) in [5, 5.41) is 6.95. The molecular weight excluding hydrogens is 218 g/mol. The highest BCUT2D eigenvalue weighted by Crippen LogP contribution is 2.15. The van der Waals surface area contributed by atoms with Gasteiger partial charge < -0.3 is 10.2 Å². The fraction of sp³-hybridized carbons (Fsp3) is 0.750. The summed E-state index contributed by atoms with van der Waals surface area (Å²) in [5.74, 6) is 0. The van der Waals surface area contributed by atoms with Crippen molar-refractivity contribution in [3.05, 3.63) is 16.1 Å². The Labute approximate surface area is 102 Å². The van der Waals surface area contributed by atoms with Crippen molar-refractivity contribution in [1.82, 2.24) is 15.2 Å². The molecule has 1 fully saturated rings. The summed E-state index contributed by atoms with van der Waals surface area (Å²) in [4.78, 5) is 7.08. The van der Waals surface area contributed by atoms with Crippen molar-refractivity contribution in [2.75, 3.05) is 26.7 Å². The van der Waals surface area contributed by atoms with Gasteiger partial charge in [-0.2, -0.15) is 0 Å². The number of thiazole rings is 1. The number of likely N-dealkylation sites (N-methyl/N-ethyl adjacent to an activating group) is 1. The lowest BCUT2D eigenvalue weighted by molar-refractivity contribution is 0.190. The van der Waals surface area contributed by atoms with Crippen LogP contribution in [0.5, 0.6) is 0 Å². The van der Waals surface area contributed by atoms with Crippen molar-refractivity contribution in [3.63, 3.8) is 0 Å². The van der Waals surface area contributed by atoms with E-state index < -0.39 is 0 Å². The van der Waals surface area contributed by atoms with Crippen LogP contribution in [0.4, 0.5) is 0 Å². The van der Waals surface area contributed by atoms with E-state index in [4.69, 9.17) is 0 Å². The van der Waals surface area contributed by atoms with Crippen LogP contribution < -0.4 is 5.32 Å². The summed E-state index contributed by atoms with van der Waals surface area (Å²) in [6.07, 6.45) is 3.41. The van der Waals surface area contributed by atoms with Crippen LogP contribution in [0.25, 0.3) is 0 Å². The van der Waals surface area contributed by atoms with Gasteiger partial charge in [0.15, 0.2) is 0 Å². The second kappa shape index (κ2) is 5.75. The lowest BCUT2D eigenvalue weighted by Gasteiger charge is -2.32. The van der Waals surface area contributed by atoms with E-state index in [1.54, 1.807) is 0 Å². The zero-order valence-corrected chi connectivity index (χ0v) is 11.0. The third-order valence-electron chi connectivity index (χ3n) is 3.30. The van der Waals surface area contributed by atoms with E-state index in [-0.39, 0.29) is 0 Å². The molecule has 1 aromatic rings. The molecule has 3 nitrogen and oxygen atoms in total. The number of aromatic nitrogens is 1. The van der Waals surface area contributed by atoms with E-state index in [2.05, 4.69) is 34.6 Å². The minimum Gasteiger partial charge on any atom is -0.314 e. The predicted molar refractivity (Wildman–Crippen MR) is 69.1 cm³/mol. The molecule has 4 heteroatoms. The second-order valence-electron chi connectivity index (χ2n) is 4.46. The number of nitrogens with one attached hydrogen (secondary N) is 1. The molecule has 0 aromatic carbocycles. The number of aryl methyl sites for hydroxylation is 2. The molecular formula is C12H21N3S. The SMILES string of the molecule is CCc1csc(CCC2CNCCN2C)n1. The van der Waals surface area contributed by atoms with Crippen molar-refractivity contribution >= 4 is 11.3 Å². The molecule has 1 aliphatic rings. The van der Waals surface area contributed by atoms with Gasteiger partial charge in [-0.15, -0.1) is 11.3 Å². The van der Waals surface area contributed by atoms with Crippen LogP contribution in [0.3, 0.4) is 0 Å². The van der Waals surface area contributed by atoms with Crippen molar-refractivity contribution in [2.24, 2.45) is 0 Å². The molecule has 1 saturated heterocycles. The number of piperazine rings is 1. The van der Waals surface area contributed by atoms with Crippen LogP contribution in [-0.4, -0.2) is 42.6 Å². The molecule has 16 heavy (non-hydrogen) atoms. The Morgan fingerprint density at radius 2 is 2.50 bits per heavy atom. The summed E-state index contributed by atoms with van der Waals surface area (Å²) in [5.41, 5.74) is 1.25. The van der Waals surface area contributed by atoms with Gasteiger partial charge >= 0.3 is 0 Å². The molecule has 90 valence electrons. The van der Waals surface area contributed by atoms with Gasteiger partial charge in [-0.05, 0) is 19.9 Å². The monoisotopic (exact) mass is 239 g/mol. The van der Waals surface area contributed by atoms with Crippen LogP contribution >= 0.6 is 11.3 Å². The van der Waals surface area contributed by atoms with E-state index in [1.807, 2.05) is 11.3 Å². The minimum atomic E-state index is 0.683. The van der Waals surface area contributed by atoms with Crippen molar-refractivity contribution in [3.8, 4) is 0 Å². The fourth-order valence-electron chi connectivity index (χ4n) is 2.10. The molecule has 2 heterocycles. The molecule has 0 bridgehead atoms. The zero-order valence-electron chi connectivity index (χ0n) is 10.2. The summed E-state index contributed by atoms with van der Waals surface area (Å²) < 4.78 is 0. The van der Waals surface area contributed by atoms with E-state index in [9.17, 15) is 0 Å². The first-order valence-electron chi connectivity index (χ1n) is 6.14. The molecule has 0 aliphatic carbocycles. The third-order valence-corrected chi connectivity index (χ3v) is 4.25. The van der Waals surface area contributed by atoms with Gasteiger partial charge in [0.2, 0.25) is 0 Å². The second-order valence-corrected chi connectivity index (χ2v) is 5.41. The summed E-state index contributed by atoms with van der Waals surface area (Å²) in [6.45, 7) is 5.59. The van der Waals surface area contributed by atoms with Gasteiger partial charge in [0.05, 0.1) is 10.7 Å². The van der Waals surface area contributed by atoms with E-state index in [0.29, 0.717) is 6.04 Å². The van der Waals surface area contributed by atoms with Crippen LogP contribution in [0.2, 0.25) is 0 Å². The van der Waals surface area contributed by atoms with Gasteiger partial charge in [0.25, 0.3) is 0 Å². The molecule has 0 amide bonds. The normalized spacial score (nSPS) is 22.5. The van der Waals surface area contributed by atoms with Gasteiger partial charge in [0.1, 0.15) is 0 Å². The maximum absolute atomic E-state index is 4.62. The first-order chi connectivity index (χ1) is 7.79. The van der Waals surface area contributed by atoms with Crippen LogP contribution in [-0.2, 0) is 12.8 Å². The summed E-state index contributed by atoms with van der Waals surface area (Å²) in [7, 11) is 2.23. The highest BCUT2D eigenvalue weighted by molar-refractivity contribution is 7.09. The Kier molecular flexibility index (Phi) is 4.32. The molecule has 0 radical (unpaired) electrons. The number of rotatable bonds is 4. The Morgan fingerprint density at radius 3 is 3.19 bits per heavy atom. The Hall–Kier alpha value is -0.450. The summed E-state index contributed by atoms with van der Waals surface area (Å²) in [6, 6.07) is 0.683. The van der Waals surface area contributed by atoms with Gasteiger partial charge in [-0.3, -0.25) is 0 Å². The molecule has 1 N–H and O–H groups in total. The number of nitrogens with zero attached hydrogens (tertiary/aromatic N) is 2. The van der Waals surface area contributed by atoms with Crippen molar-refractivity contribution in [2.45, 2.75) is 32.2 Å². The molecule has 0 spiro atoms. The molecule has 1 atom stereocenters. The molecule has 2 rings (SSSR count). The molecule has 1 unspecified atom stereocenters. The quantitative estimate of drug-likeness (QED) is 0.864. The first-order valence-corrected chi connectivity index (χ1v) is 7.01. The van der Waals surface area contributed by atoms with Crippen LogP contribution in [0.1, 0.15) is 24.0 Å². The van der Waals surface area contributed by atoms with Gasteiger partial charge in [-0.1, -0.05) is 6.92 Å². The third kappa shape index (κ3) is 3.03. The zero-order chi connectivity index (χ0) is 11.4. The molecule has 0 saturated carbocycles. The van der Waals surface area contributed by atoms with E-state index in [0.717, 1.165) is 25.9 Å². The van der Waals surface area contributed by atoms with E-state index in [1.165, 1.54) is 23.7 Å². The Bertz CT molecular complexity index is 324. The number of hydrogen-bond acceptors (Lipinski definition) is 4. The highest BCUT2D eigenvalue weighted by Gasteiger charge is 2.18. The van der Waals surface area contributed by atoms with Gasteiger partial charge in [-0.25, -0.2) is 4.98 Å². The molecule has 1 aromatic heterocycles. The molecule has 1 aliphatic heterocycles. The maximum atomic E-state index is 4.62. The summed E-state index contributed by atoms with van der Waals surface area (Å²) >= 11 is 1.81. The van der Waals surface area contributed by atoms with Crippen molar-refractivity contribution in [1.29, 1.82) is 0 Å². The lowest BCUT2D eigenvalue weighted by atomic mass is 10.1.